The van der Waals surface area contributed by atoms with Gasteiger partial charge in [-0.2, -0.15) is 0 Å². The van der Waals surface area contributed by atoms with Crippen LogP contribution in [0.15, 0.2) is 30.5 Å². The van der Waals surface area contributed by atoms with Crippen molar-refractivity contribution < 1.29 is 9.59 Å². The molecule has 0 saturated heterocycles. The van der Waals surface area contributed by atoms with Gasteiger partial charge in [-0.15, -0.1) is 11.3 Å². The molecular formula is C17H22N4O2S. The van der Waals surface area contributed by atoms with Crippen LogP contribution < -0.4 is 10.6 Å². The molecule has 6 nitrogen and oxygen atoms in total. The Balaban J connectivity index is 1.99. The number of aryl methyl sites for hydroxylation is 1. The van der Waals surface area contributed by atoms with E-state index in [-0.39, 0.29) is 17.9 Å². The molecule has 0 bridgehead atoms. The summed E-state index contributed by atoms with van der Waals surface area (Å²) in [4.78, 5) is 31.4. The first-order valence-electron chi connectivity index (χ1n) is 7.65. The molecule has 1 atom stereocenters. The van der Waals surface area contributed by atoms with Crippen LogP contribution in [0.3, 0.4) is 0 Å². The maximum atomic E-state index is 12.4. The quantitative estimate of drug-likeness (QED) is 0.841. The molecule has 128 valence electrons. The van der Waals surface area contributed by atoms with Crippen LogP contribution in [0, 0.1) is 6.92 Å². The van der Waals surface area contributed by atoms with Crippen molar-refractivity contribution in [2.75, 3.05) is 19.4 Å². The lowest BCUT2D eigenvalue weighted by Gasteiger charge is -2.23. The number of aromatic nitrogens is 1. The maximum Gasteiger partial charge on any atom is 0.251 e. The van der Waals surface area contributed by atoms with Crippen molar-refractivity contribution in [3.05, 3.63) is 45.9 Å². The number of carbonyl (C=O) groups excluding carboxylic acids is 2. The monoisotopic (exact) mass is 346 g/mol. The molecular weight excluding hydrogens is 324 g/mol. The van der Waals surface area contributed by atoms with Crippen LogP contribution in [0.5, 0.6) is 0 Å². The lowest BCUT2D eigenvalue weighted by Crippen LogP contribution is -2.39. The molecule has 0 aliphatic rings. The number of amides is 2. The van der Waals surface area contributed by atoms with Crippen LogP contribution in [0.2, 0.25) is 0 Å². The van der Waals surface area contributed by atoms with Crippen LogP contribution in [0.1, 0.15) is 27.2 Å². The molecule has 2 amide bonds. The molecule has 2 N–H and O–H groups in total. The fourth-order valence-corrected chi connectivity index (χ4v) is 3.05. The number of hydrogen-bond acceptors (Lipinski definition) is 5. The minimum Gasteiger partial charge on any atom is -0.355 e. The summed E-state index contributed by atoms with van der Waals surface area (Å²) >= 11 is 1.63. The highest BCUT2D eigenvalue weighted by atomic mass is 32.1. The molecule has 24 heavy (non-hydrogen) atoms. The van der Waals surface area contributed by atoms with E-state index in [1.54, 1.807) is 42.6 Å². The highest BCUT2D eigenvalue weighted by Crippen LogP contribution is 2.16. The smallest absolute Gasteiger partial charge is 0.251 e. The molecule has 1 aromatic heterocycles. The zero-order chi connectivity index (χ0) is 17.7. The molecule has 0 radical (unpaired) electrons. The number of benzene rings is 1. The summed E-state index contributed by atoms with van der Waals surface area (Å²) in [6.07, 6.45) is 1.84. The van der Waals surface area contributed by atoms with Gasteiger partial charge in [0.2, 0.25) is 5.91 Å². The maximum absolute atomic E-state index is 12.4. The second-order valence-corrected chi connectivity index (χ2v) is 6.91. The molecule has 0 fully saturated rings. The second-order valence-electron chi connectivity index (χ2n) is 5.59. The number of nitrogens with one attached hydrogen (secondary N) is 2. The molecule has 1 aromatic carbocycles. The van der Waals surface area contributed by atoms with Crippen LogP contribution in [0.25, 0.3) is 0 Å². The van der Waals surface area contributed by atoms with Gasteiger partial charge in [0.15, 0.2) is 0 Å². The Morgan fingerprint density at radius 2 is 2.12 bits per heavy atom. The van der Waals surface area contributed by atoms with Crippen molar-refractivity contribution in [1.82, 2.24) is 15.2 Å². The van der Waals surface area contributed by atoms with E-state index in [0.717, 1.165) is 9.88 Å². The van der Waals surface area contributed by atoms with E-state index in [2.05, 4.69) is 15.6 Å². The zero-order valence-corrected chi connectivity index (χ0v) is 15.1. The number of carbonyl (C=O) groups is 2. The summed E-state index contributed by atoms with van der Waals surface area (Å²) in [6, 6.07) is 6.57. The Labute approximate surface area is 145 Å². The molecule has 0 aliphatic heterocycles. The average molecular weight is 346 g/mol. The van der Waals surface area contributed by atoms with Crippen LogP contribution in [-0.2, 0) is 11.3 Å². The van der Waals surface area contributed by atoms with E-state index >= 15 is 0 Å². The second kappa shape index (κ2) is 8.03. The van der Waals surface area contributed by atoms with Crippen molar-refractivity contribution in [1.29, 1.82) is 0 Å². The topological polar surface area (TPSA) is 74.3 Å². The third kappa shape index (κ3) is 4.62. The minimum absolute atomic E-state index is 0.118. The molecule has 1 unspecified atom stereocenters. The number of hydrogen-bond donors (Lipinski definition) is 2. The first-order chi connectivity index (χ1) is 11.4. The zero-order valence-electron chi connectivity index (χ0n) is 14.3. The Kier molecular flexibility index (Phi) is 6.05. The largest absolute Gasteiger partial charge is 0.355 e. The number of rotatable bonds is 6. The van der Waals surface area contributed by atoms with E-state index in [1.165, 1.54) is 0 Å². The standard InChI is InChI=1S/C17H22N4O2S/c1-11(21(4)10-15-9-19-12(2)24-15)16(22)20-14-7-5-6-13(8-14)17(23)18-3/h5-9,11H,10H2,1-4H3,(H,18,23)(H,20,22). The van der Waals surface area contributed by atoms with E-state index in [0.29, 0.717) is 17.8 Å². The van der Waals surface area contributed by atoms with E-state index < -0.39 is 0 Å². The SMILES string of the molecule is CNC(=O)c1cccc(NC(=O)C(C)N(C)Cc2cnc(C)s2)c1. The Bertz CT molecular complexity index is 729. The lowest BCUT2D eigenvalue weighted by molar-refractivity contribution is -0.120. The first kappa shape index (κ1) is 18.1. The number of likely N-dealkylation sites (N-methyl/N-ethyl adjacent to an activating group) is 1. The van der Waals surface area contributed by atoms with Crippen LogP contribution >= 0.6 is 11.3 Å². The Morgan fingerprint density at radius 3 is 2.75 bits per heavy atom. The van der Waals surface area contributed by atoms with Gasteiger partial charge in [0, 0.05) is 35.9 Å². The van der Waals surface area contributed by atoms with Gasteiger partial charge in [0.1, 0.15) is 0 Å². The van der Waals surface area contributed by atoms with Crippen LogP contribution in [0.4, 0.5) is 5.69 Å². The van der Waals surface area contributed by atoms with E-state index in [9.17, 15) is 9.59 Å². The normalized spacial score (nSPS) is 12.0. The van der Waals surface area contributed by atoms with Gasteiger partial charge in [0.05, 0.1) is 11.0 Å². The van der Waals surface area contributed by atoms with Gasteiger partial charge in [-0.3, -0.25) is 14.5 Å². The van der Waals surface area contributed by atoms with Gasteiger partial charge in [-0.1, -0.05) is 6.07 Å². The molecule has 0 saturated carbocycles. The van der Waals surface area contributed by atoms with Crippen molar-refractivity contribution in [2.24, 2.45) is 0 Å². The van der Waals surface area contributed by atoms with Crippen molar-refractivity contribution in [3.63, 3.8) is 0 Å². The van der Waals surface area contributed by atoms with Crippen molar-refractivity contribution >= 4 is 28.8 Å². The number of anilines is 1. The summed E-state index contributed by atoms with van der Waals surface area (Å²) in [5.74, 6) is -0.301. The molecule has 1 heterocycles. The Morgan fingerprint density at radius 1 is 1.38 bits per heavy atom. The highest BCUT2D eigenvalue weighted by Gasteiger charge is 2.19. The van der Waals surface area contributed by atoms with Crippen LogP contribution in [-0.4, -0.2) is 41.8 Å². The number of thiazole rings is 1. The van der Waals surface area contributed by atoms with Gasteiger partial charge >= 0.3 is 0 Å². The molecule has 0 aliphatic carbocycles. The molecule has 2 aromatic rings. The van der Waals surface area contributed by atoms with E-state index in [1.807, 2.05) is 32.0 Å². The van der Waals surface area contributed by atoms with E-state index in [4.69, 9.17) is 0 Å². The lowest BCUT2D eigenvalue weighted by atomic mass is 10.2. The summed E-state index contributed by atoms with van der Waals surface area (Å²) in [6.45, 7) is 4.48. The summed E-state index contributed by atoms with van der Waals surface area (Å²) in [5, 5.41) is 6.44. The van der Waals surface area contributed by atoms with Gasteiger partial charge < -0.3 is 10.6 Å². The third-order valence-corrected chi connectivity index (χ3v) is 4.63. The predicted molar refractivity (Wildman–Crippen MR) is 96.2 cm³/mol. The summed E-state index contributed by atoms with van der Waals surface area (Å²) < 4.78 is 0. The van der Waals surface area contributed by atoms with Gasteiger partial charge in [-0.05, 0) is 39.1 Å². The van der Waals surface area contributed by atoms with Gasteiger partial charge in [-0.25, -0.2) is 4.98 Å². The number of nitrogens with zero attached hydrogens (tertiary/aromatic N) is 2. The van der Waals surface area contributed by atoms with Gasteiger partial charge in [0.25, 0.3) is 5.91 Å². The summed E-state index contributed by atoms with van der Waals surface area (Å²) in [7, 11) is 3.48. The van der Waals surface area contributed by atoms with Crippen molar-refractivity contribution in [3.8, 4) is 0 Å². The molecule has 7 heteroatoms. The molecule has 0 spiro atoms. The molecule has 2 rings (SSSR count). The first-order valence-corrected chi connectivity index (χ1v) is 8.47. The summed E-state index contributed by atoms with van der Waals surface area (Å²) in [5.41, 5.74) is 1.12. The highest BCUT2D eigenvalue weighted by molar-refractivity contribution is 7.11. The predicted octanol–water partition coefficient (Wildman–Crippen LogP) is 2.27. The Hall–Kier alpha value is -2.25. The fourth-order valence-electron chi connectivity index (χ4n) is 2.19. The average Bonchev–Trinajstić information content (AvgIpc) is 2.98. The minimum atomic E-state index is -0.309. The van der Waals surface area contributed by atoms with Crippen molar-refractivity contribution in [2.45, 2.75) is 26.4 Å². The fraction of sp³-hybridized carbons (Fsp3) is 0.353. The third-order valence-electron chi connectivity index (χ3n) is 3.73.